The molecule has 0 aromatic heterocycles. The average Bonchev–Trinajstić information content (AvgIpc) is 2.34. The Morgan fingerprint density at radius 1 is 1.00 bits per heavy atom. The van der Waals surface area contributed by atoms with Crippen LogP contribution in [0.1, 0.15) is 51.0 Å². The molecular weight excluding hydrogens is 208 g/mol. The lowest BCUT2D eigenvalue weighted by Crippen LogP contribution is -1.89. The summed E-state index contributed by atoms with van der Waals surface area (Å²) in [4.78, 5) is 10.8. The Morgan fingerprint density at radius 2 is 1.59 bits per heavy atom. The number of hydrogen-bond acceptors (Lipinski definition) is 1. The minimum absolute atomic E-state index is 0.304. The van der Waals surface area contributed by atoms with Gasteiger partial charge in [0.1, 0.15) is 5.78 Å². The third-order valence-corrected chi connectivity index (χ3v) is 2.94. The molecule has 0 fully saturated rings. The number of carbonyl (C=O) groups is 1. The maximum atomic E-state index is 10.8. The van der Waals surface area contributed by atoms with E-state index in [1.54, 1.807) is 6.92 Å². The van der Waals surface area contributed by atoms with E-state index in [0.717, 1.165) is 25.7 Å². The molecule has 92 valence electrons. The number of carbonyl (C=O) groups excluding carboxylic acids is 1. The van der Waals surface area contributed by atoms with E-state index < -0.39 is 0 Å². The molecule has 1 nitrogen and oxygen atoms in total. The number of unbranched alkanes of at least 4 members (excludes halogenated alkanes) is 3. The second-order valence-corrected chi connectivity index (χ2v) is 4.59. The minimum atomic E-state index is 0.304. The molecule has 0 aliphatic rings. The van der Waals surface area contributed by atoms with Crippen LogP contribution < -0.4 is 0 Å². The van der Waals surface area contributed by atoms with Crippen molar-refractivity contribution in [3.8, 4) is 0 Å². The average molecular weight is 230 g/mol. The van der Waals surface area contributed by atoms with Crippen molar-refractivity contribution in [2.24, 2.45) is 0 Å². The molecule has 1 rings (SSSR count). The van der Waals surface area contributed by atoms with Crippen LogP contribution in [-0.4, -0.2) is 5.78 Å². The first-order valence-electron chi connectivity index (χ1n) is 6.43. The SMILES string of the molecule is C=C(CCCCCCC(C)=O)c1ccccc1. The van der Waals surface area contributed by atoms with Crippen LogP contribution in [0.25, 0.3) is 5.57 Å². The summed E-state index contributed by atoms with van der Waals surface area (Å²) in [5.41, 5.74) is 2.47. The smallest absolute Gasteiger partial charge is 0.129 e. The summed E-state index contributed by atoms with van der Waals surface area (Å²) in [6.07, 6.45) is 6.35. The van der Waals surface area contributed by atoms with Gasteiger partial charge in [0.25, 0.3) is 0 Å². The summed E-state index contributed by atoms with van der Waals surface area (Å²) < 4.78 is 0. The topological polar surface area (TPSA) is 17.1 Å². The lowest BCUT2D eigenvalue weighted by molar-refractivity contribution is -0.117. The first-order valence-corrected chi connectivity index (χ1v) is 6.43. The van der Waals surface area contributed by atoms with Crippen molar-refractivity contribution in [1.82, 2.24) is 0 Å². The van der Waals surface area contributed by atoms with Gasteiger partial charge in [0, 0.05) is 6.42 Å². The Bertz CT molecular complexity index is 351. The van der Waals surface area contributed by atoms with Gasteiger partial charge in [-0.25, -0.2) is 0 Å². The summed E-state index contributed by atoms with van der Waals surface area (Å²) in [5, 5.41) is 0. The Hall–Kier alpha value is -1.37. The van der Waals surface area contributed by atoms with Crippen molar-refractivity contribution < 1.29 is 4.79 Å². The third kappa shape index (κ3) is 6.06. The molecule has 0 bridgehead atoms. The first kappa shape index (κ1) is 13.7. The van der Waals surface area contributed by atoms with Gasteiger partial charge in [-0.2, -0.15) is 0 Å². The van der Waals surface area contributed by atoms with Gasteiger partial charge in [-0.05, 0) is 37.3 Å². The van der Waals surface area contributed by atoms with Crippen LogP contribution in [0.15, 0.2) is 36.9 Å². The van der Waals surface area contributed by atoms with Gasteiger partial charge in [-0.1, -0.05) is 49.8 Å². The van der Waals surface area contributed by atoms with E-state index in [1.807, 2.05) is 18.2 Å². The number of ketones is 1. The number of hydrogen-bond donors (Lipinski definition) is 0. The minimum Gasteiger partial charge on any atom is -0.300 e. The second-order valence-electron chi connectivity index (χ2n) is 4.59. The van der Waals surface area contributed by atoms with Crippen LogP contribution in [0.5, 0.6) is 0 Å². The summed E-state index contributed by atoms with van der Waals surface area (Å²) in [6.45, 7) is 5.78. The molecular formula is C16H22O. The van der Waals surface area contributed by atoms with E-state index in [0.29, 0.717) is 5.78 Å². The highest BCUT2D eigenvalue weighted by atomic mass is 16.1. The highest BCUT2D eigenvalue weighted by molar-refractivity contribution is 5.75. The zero-order chi connectivity index (χ0) is 12.5. The normalized spacial score (nSPS) is 10.2. The van der Waals surface area contributed by atoms with E-state index in [2.05, 4.69) is 18.7 Å². The molecule has 0 spiro atoms. The maximum Gasteiger partial charge on any atom is 0.129 e. The van der Waals surface area contributed by atoms with E-state index in [4.69, 9.17) is 0 Å². The largest absolute Gasteiger partial charge is 0.300 e. The Labute approximate surface area is 105 Å². The standard InChI is InChI=1S/C16H22O/c1-14(16-12-8-5-9-13-16)10-6-3-4-7-11-15(2)17/h5,8-9,12-13H,1,3-4,6-7,10-11H2,2H3. The molecule has 0 N–H and O–H groups in total. The van der Waals surface area contributed by atoms with Gasteiger partial charge in [0.05, 0.1) is 0 Å². The molecule has 1 aromatic carbocycles. The monoisotopic (exact) mass is 230 g/mol. The number of benzene rings is 1. The molecule has 17 heavy (non-hydrogen) atoms. The predicted molar refractivity (Wildman–Crippen MR) is 73.9 cm³/mol. The van der Waals surface area contributed by atoms with Gasteiger partial charge in [0.2, 0.25) is 0 Å². The molecule has 0 radical (unpaired) electrons. The number of Topliss-reactive ketones (excluding diaryl/α,β-unsaturated/α-hetero) is 1. The maximum absolute atomic E-state index is 10.8. The van der Waals surface area contributed by atoms with Gasteiger partial charge in [-0.3, -0.25) is 0 Å². The zero-order valence-electron chi connectivity index (χ0n) is 10.7. The Kier molecular flexibility index (Phi) is 6.31. The molecule has 0 saturated carbocycles. The highest BCUT2D eigenvalue weighted by Crippen LogP contribution is 2.19. The molecule has 0 saturated heterocycles. The molecule has 0 aliphatic carbocycles. The lowest BCUT2D eigenvalue weighted by Gasteiger charge is -2.05. The highest BCUT2D eigenvalue weighted by Gasteiger charge is 1.98. The van der Waals surface area contributed by atoms with Crippen molar-refractivity contribution in [1.29, 1.82) is 0 Å². The quantitative estimate of drug-likeness (QED) is 0.595. The first-order chi connectivity index (χ1) is 8.20. The molecule has 0 unspecified atom stereocenters. The van der Waals surface area contributed by atoms with Crippen LogP contribution >= 0.6 is 0 Å². The van der Waals surface area contributed by atoms with E-state index in [-0.39, 0.29) is 0 Å². The van der Waals surface area contributed by atoms with Crippen molar-refractivity contribution >= 4 is 11.4 Å². The third-order valence-electron chi connectivity index (χ3n) is 2.94. The summed E-state index contributed by atoms with van der Waals surface area (Å²) in [5.74, 6) is 0.304. The van der Waals surface area contributed by atoms with Crippen LogP contribution in [-0.2, 0) is 4.79 Å². The van der Waals surface area contributed by atoms with E-state index >= 15 is 0 Å². The summed E-state index contributed by atoms with van der Waals surface area (Å²) in [6, 6.07) is 10.3. The zero-order valence-corrected chi connectivity index (χ0v) is 10.7. The van der Waals surface area contributed by atoms with Crippen LogP contribution in [0.2, 0.25) is 0 Å². The molecule has 1 heteroatoms. The fraction of sp³-hybridized carbons (Fsp3) is 0.438. The second kappa shape index (κ2) is 7.83. The predicted octanol–water partition coefficient (Wildman–Crippen LogP) is 4.63. The van der Waals surface area contributed by atoms with Crippen molar-refractivity contribution in [2.45, 2.75) is 45.4 Å². The number of rotatable bonds is 8. The van der Waals surface area contributed by atoms with E-state index in [9.17, 15) is 4.79 Å². The van der Waals surface area contributed by atoms with Crippen LogP contribution in [0, 0.1) is 0 Å². The fourth-order valence-electron chi connectivity index (χ4n) is 1.88. The lowest BCUT2D eigenvalue weighted by atomic mass is 10.0. The fourth-order valence-corrected chi connectivity index (χ4v) is 1.88. The van der Waals surface area contributed by atoms with Crippen molar-refractivity contribution in [3.05, 3.63) is 42.5 Å². The molecule has 0 amide bonds. The van der Waals surface area contributed by atoms with Gasteiger partial charge in [0.15, 0.2) is 0 Å². The van der Waals surface area contributed by atoms with Gasteiger partial charge >= 0.3 is 0 Å². The number of allylic oxidation sites excluding steroid dienone is 1. The molecule has 1 aromatic rings. The van der Waals surface area contributed by atoms with E-state index in [1.165, 1.54) is 24.0 Å². The Balaban J connectivity index is 2.11. The molecule has 0 heterocycles. The van der Waals surface area contributed by atoms with Gasteiger partial charge < -0.3 is 4.79 Å². The van der Waals surface area contributed by atoms with Gasteiger partial charge in [-0.15, -0.1) is 0 Å². The van der Waals surface area contributed by atoms with Crippen molar-refractivity contribution in [3.63, 3.8) is 0 Å². The molecule has 0 atom stereocenters. The molecule has 0 aliphatic heterocycles. The van der Waals surface area contributed by atoms with Crippen LogP contribution in [0.3, 0.4) is 0 Å². The Morgan fingerprint density at radius 3 is 2.18 bits per heavy atom. The summed E-state index contributed by atoms with van der Waals surface area (Å²) >= 11 is 0. The van der Waals surface area contributed by atoms with Crippen LogP contribution in [0.4, 0.5) is 0 Å². The van der Waals surface area contributed by atoms with Crippen molar-refractivity contribution in [2.75, 3.05) is 0 Å². The summed E-state index contributed by atoms with van der Waals surface area (Å²) in [7, 11) is 0.